The van der Waals surface area contributed by atoms with E-state index in [-0.39, 0.29) is 5.91 Å². The molecule has 7 rings (SSSR count). The second-order valence-electron chi connectivity index (χ2n) is 13.2. The van der Waals surface area contributed by atoms with Crippen LogP contribution in [0.25, 0.3) is 11.1 Å². The van der Waals surface area contributed by atoms with Gasteiger partial charge in [-0.25, -0.2) is 0 Å². The molecule has 2 heterocycles. The Balaban J connectivity index is 1.00. The number of fused-ring (bicyclic) bond motifs is 4. The fraction of sp³-hybridized carbons (Fsp3) is 0.333. The summed E-state index contributed by atoms with van der Waals surface area (Å²) in [6.07, 6.45) is -3.45. The third-order valence-corrected chi connectivity index (χ3v) is 10.1. The number of carbonyl (C=O) groups excluding carboxylic acids is 2. The Morgan fingerprint density at radius 1 is 0.833 bits per heavy atom. The van der Waals surface area contributed by atoms with E-state index in [1.165, 1.54) is 5.56 Å². The topological polar surface area (TPSA) is 55.9 Å². The van der Waals surface area contributed by atoms with Gasteiger partial charge in [-0.05, 0) is 71.8 Å². The van der Waals surface area contributed by atoms with E-state index in [1.54, 1.807) is 0 Å². The Hall–Kier alpha value is -4.63. The molecule has 1 saturated heterocycles. The second-order valence-corrected chi connectivity index (χ2v) is 13.2. The van der Waals surface area contributed by atoms with Crippen molar-refractivity contribution in [2.24, 2.45) is 0 Å². The number of piperazine rings is 1. The lowest BCUT2D eigenvalue weighted by Crippen LogP contribution is -2.48. The maximum absolute atomic E-state index is 13.8. The molecule has 1 N–H and O–H groups in total. The molecule has 9 heteroatoms. The summed E-state index contributed by atoms with van der Waals surface area (Å²) in [6, 6.07) is 29.6. The van der Waals surface area contributed by atoms with Crippen LogP contribution in [-0.2, 0) is 23.3 Å². The molecule has 2 amide bonds. The van der Waals surface area contributed by atoms with Gasteiger partial charge in [0.05, 0.1) is 0 Å². The number of nitrogens with one attached hydrogen (secondary N) is 1. The number of rotatable bonds is 9. The molecule has 0 saturated carbocycles. The van der Waals surface area contributed by atoms with Crippen LogP contribution in [0.4, 0.5) is 18.9 Å². The summed E-state index contributed by atoms with van der Waals surface area (Å²) in [7, 11) is 0. The molecule has 6 nitrogen and oxygen atoms in total. The van der Waals surface area contributed by atoms with Crippen LogP contribution in [0.3, 0.4) is 0 Å². The number of hydrogen-bond donors (Lipinski definition) is 1. The Kier molecular flexibility index (Phi) is 8.50. The summed E-state index contributed by atoms with van der Waals surface area (Å²) in [5.74, 6) is -0.541. The molecular weight excluding hydrogens is 613 g/mol. The van der Waals surface area contributed by atoms with E-state index in [0.29, 0.717) is 25.9 Å². The van der Waals surface area contributed by atoms with Gasteiger partial charge in [-0.3, -0.25) is 14.5 Å². The van der Waals surface area contributed by atoms with Crippen molar-refractivity contribution in [3.05, 3.63) is 124 Å². The Labute approximate surface area is 279 Å². The van der Waals surface area contributed by atoms with Crippen LogP contribution in [0.5, 0.6) is 0 Å². The standard InChI is InChI=1S/C39H39F3N4O2/c1-27-8-6-9-28(22-27)24-46-25-29-14-15-30(23-33(29)36(46)47)45-20-18-44(19-21-45)17-7-16-38(37(48)43-26-39(40,41)42)34-12-4-2-10-31(34)32-11-3-5-13-35(32)38/h2-6,8-15,22-23H,7,16-21,24-26H2,1H3,(H,43,48). The fourth-order valence-corrected chi connectivity index (χ4v) is 7.79. The first-order valence-corrected chi connectivity index (χ1v) is 16.6. The molecule has 4 aromatic carbocycles. The lowest BCUT2D eigenvalue weighted by Gasteiger charge is -2.37. The molecule has 2 aliphatic heterocycles. The maximum Gasteiger partial charge on any atom is 0.405 e. The number of anilines is 1. The average molecular weight is 653 g/mol. The van der Waals surface area contributed by atoms with Crippen molar-refractivity contribution >= 4 is 17.5 Å². The van der Waals surface area contributed by atoms with Crippen LogP contribution < -0.4 is 10.2 Å². The lowest BCUT2D eigenvalue weighted by molar-refractivity contribution is -0.141. The Bertz CT molecular complexity index is 1800. The largest absolute Gasteiger partial charge is 0.405 e. The molecule has 0 unspecified atom stereocenters. The summed E-state index contributed by atoms with van der Waals surface area (Å²) >= 11 is 0. The van der Waals surface area contributed by atoms with Gasteiger partial charge < -0.3 is 15.1 Å². The zero-order valence-corrected chi connectivity index (χ0v) is 27.0. The summed E-state index contributed by atoms with van der Waals surface area (Å²) in [5.41, 5.74) is 7.30. The van der Waals surface area contributed by atoms with Gasteiger partial charge in [0.25, 0.3) is 5.91 Å². The van der Waals surface area contributed by atoms with Crippen LogP contribution >= 0.6 is 0 Å². The molecular formula is C39H39F3N4O2. The van der Waals surface area contributed by atoms with E-state index in [0.717, 1.165) is 77.4 Å². The van der Waals surface area contributed by atoms with Gasteiger partial charge in [-0.15, -0.1) is 0 Å². The third-order valence-electron chi connectivity index (χ3n) is 10.1. The highest BCUT2D eigenvalue weighted by molar-refractivity contribution is 6.01. The summed E-state index contributed by atoms with van der Waals surface area (Å²) in [5, 5.41) is 2.23. The molecule has 0 aromatic heterocycles. The summed E-state index contributed by atoms with van der Waals surface area (Å²) in [4.78, 5) is 33.7. The first kappa shape index (κ1) is 31.9. The normalized spacial score (nSPS) is 16.9. The number of nitrogens with zero attached hydrogens (tertiary/aromatic N) is 3. The van der Waals surface area contributed by atoms with Crippen LogP contribution in [0.2, 0.25) is 0 Å². The molecule has 0 spiro atoms. The number of aryl methyl sites for hydroxylation is 1. The molecule has 1 aliphatic carbocycles. The van der Waals surface area contributed by atoms with Gasteiger partial charge >= 0.3 is 6.18 Å². The maximum atomic E-state index is 13.8. The van der Waals surface area contributed by atoms with Crippen molar-refractivity contribution in [1.82, 2.24) is 15.1 Å². The highest BCUT2D eigenvalue weighted by Crippen LogP contribution is 2.51. The second kappa shape index (κ2) is 12.8. The van der Waals surface area contributed by atoms with E-state index < -0.39 is 24.0 Å². The van der Waals surface area contributed by atoms with Crippen molar-refractivity contribution < 1.29 is 22.8 Å². The zero-order chi connectivity index (χ0) is 33.5. The van der Waals surface area contributed by atoms with E-state index >= 15 is 0 Å². The van der Waals surface area contributed by atoms with Gasteiger partial charge in [0, 0.05) is 50.5 Å². The molecule has 0 atom stereocenters. The van der Waals surface area contributed by atoms with Crippen molar-refractivity contribution in [1.29, 1.82) is 0 Å². The number of carbonyl (C=O) groups is 2. The monoisotopic (exact) mass is 652 g/mol. The summed E-state index contributed by atoms with van der Waals surface area (Å²) < 4.78 is 39.7. The van der Waals surface area contributed by atoms with Gasteiger partial charge in [-0.2, -0.15) is 13.2 Å². The van der Waals surface area contributed by atoms with Crippen LogP contribution in [-0.4, -0.2) is 67.1 Å². The molecule has 248 valence electrons. The SMILES string of the molecule is Cc1cccc(CN2Cc3ccc(N4CCN(CCCC5(C(=O)NCC(F)(F)F)c6ccccc6-c6ccccc65)CC4)cc3C2=O)c1. The van der Waals surface area contributed by atoms with Gasteiger partial charge in [0.2, 0.25) is 5.91 Å². The predicted molar refractivity (Wildman–Crippen MR) is 181 cm³/mol. The van der Waals surface area contributed by atoms with Crippen molar-refractivity contribution in [2.45, 2.75) is 44.4 Å². The number of halogens is 3. The lowest BCUT2D eigenvalue weighted by atomic mass is 9.73. The minimum Gasteiger partial charge on any atom is -0.369 e. The smallest absolute Gasteiger partial charge is 0.369 e. The van der Waals surface area contributed by atoms with Crippen molar-refractivity contribution in [3.63, 3.8) is 0 Å². The predicted octanol–water partition coefficient (Wildman–Crippen LogP) is 6.70. The van der Waals surface area contributed by atoms with Crippen LogP contribution in [0.15, 0.2) is 91.0 Å². The molecule has 4 aromatic rings. The molecule has 0 bridgehead atoms. The highest BCUT2D eigenvalue weighted by atomic mass is 19.4. The van der Waals surface area contributed by atoms with E-state index in [1.807, 2.05) is 65.6 Å². The first-order valence-electron chi connectivity index (χ1n) is 16.6. The Morgan fingerprint density at radius 3 is 2.19 bits per heavy atom. The molecule has 0 radical (unpaired) electrons. The number of hydrogen-bond acceptors (Lipinski definition) is 4. The van der Waals surface area contributed by atoms with E-state index in [4.69, 9.17) is 0 Å². The summed E-state index contributed by atoms with van der Waals surface area (Å²) in [6.45, 7) is 5.83. The minimum atomic E-state index is -4.50. The Morgan fingerprint density at radius 2 is 1.52 bits per heavy atom. The molecule has 1 fully saturated rings. The van der Waals surface area contributed by atoms with E-state index in [9.17, 15) is 22.8 Å². The number of benzene rings is 4. The first-order chi connectivity index (χ1) is 23.1. The third kappa shape index (κ3) is 6.07. The van der Waals surface area contributed by atoms with Gasteiger partial charge in [0.1, 0.15) is 12.0 Å². The fourth-order valence-electron chi connectivity index (χ4n) is 7.79. The van der Waals surface area contributed by atoms with Gasteiger partial charge in [0.15, 0.2) is 0 Å². The van der Waals surface area contributed by atoms with Gasteiger partial charge in [-0.1, -0.05) is 84.4 Å². The average Bonchev–Trinajstić information content (AvgIpc) is 3.55. The van der Waals surface area contributed by atoms with E-state index in [2.05, 4.69) is 52.4 Å². The van der Waals surface area contributed by atoms with Crippen LogP contribution in [0.1, 0.15) is 51.0 Å². The molecule has 3 aliphatic rings. The van der Waals surface area contributed by atoms with Crippen molar-refractivity contribution in [2.75, 3.05) is 44.2 Å². The number of amides is 2. The number of alkyl halides is 3. The van der Waals surface area contributed by atoms with Crippen molar-refractivity contribution in [3.8, 4) is 11.1 Å². The minimum absolute atomic E-state index is 0.0650. The quantitative estimate of drug-likeness (QED) is 0.219. The molecule has 48 heavy (non-hydrogen) atoms. The zero-order valence-electron chi connectivity index (χ0n) is 27.0. The highest BCUT2D eigenvalue weighted by Gasteiger charge is 2.49. The van der Waals surface area contributed by atoms with Crippen LogP contribution in [0, 0.1) is 6.92 Å².